The molecule has 0 heterocycles. The second kappa shape index (κ2) is 5.16. The number of nitro groups is 1. The molecule has 0 spiro atoms. The number of phenols is 2. The Kier molecular flexibility index (Phi) is 3.57. The van der Waals surface area contributed by atoms with Gasteiger partial charge in [-0.25, -0.2) is 0 Å². The van der Waals surface area contributed by atoms with Crippen LogP contribution < -0.4 is 0 Å². The molecule has 6 heteroatoms. The zero-order valence-corrected chi connectivity index (χ0v) is 10.5. The molecule has 2 rings (SSSR count). The highest BCUT2D eigenvalue weighted by Gasteiger charge is 2.17. The number of rotatable bonds is 3. The SMILES string of the molecule is O=[N+]([O-])c1cccc(Cc2cc(Cl)ccc2O)c1O. The molecule has 19 heavy (non-hydrogen) atoms. The van der Waals surface area contributed by atoms with Crippen LogP contribution in [0.25, 0.3) is 0 Å². The highest BCUT2D eigenvalue weighted by atomic mass is 35.5. The van der Waals surface area contributed by atoms with Crippen molar-refractivity contribution in [1.29, 1.82) is 0 Å². The minimum absolute atomic E-state index is 0.0234. The lowest BCUT2D eigenvalue weighted by Crippen LogP contribution is -1.94. The number of hydrogen-bond acceptors (Lipinski definition) is 4. The minimum Gasteiger partial charge on any atom is -0.508 e. The van der Waals surface area contributed by atoms with Crippen molar-refractivity contribution < 1.29 is 15.1 Å². The van der Waals surface area contributed by atoms with E-state index in [9.17, 15) is 20.3 Å². The predicted octanol–water partition coefficient (Wildman–Crippen LogP) is 3.25. The molecule has 5 nitrogen and oxygen atoms in total. The van der Waals surface area contributed by atoms with Crippen LogP contribution in [0.1, 0.15) is 11.1 Å². The Labute approximate surface area is 113 Å². The molecule has 0 saturated carbocycles. The Hall–Kier alpha value is -2.27. The number of phenolic OH excluding ortho intramolecular Hbond substituents is 2. The molecule has 2 aromatic rings. The molecule has 0 amide bonds. The number of hydrogen-bond donors (Lipinski definition) is 2. The van der Waals surface area contributed by atoms with Crippen molar-refractivity contribution in [2.45, 2.75) is 6.42 Å². The lowest BCUT2D eigenvalue weighted by molar-refractivity contribution is -0.385. The fraction of sp³-hybridized carbons (Fsp3) is 0.0769. The Morgan fingerprint density at radius 2 is 1.89 bits per heavy atom. The van der Waals surface area contributed by atoms with E-state index in [2.05, 4.69) is 0 Å². The van der Waals surface area contributed by atoms with E-state index in [0.717, 1.165) is 0 Å². The summed E-state index contributed by atoms with van der Waals surface area (Å²) in [7, 11) is 0. The van der Waals surface area contributed by atoms with Gasteiger partial charge in [0.25, 0.3) is 0 Å². The van der Waals surface area contributed by atoms with Crippen LogP contribution in [-0.2, 0) is 6.42 Å². The maximum Gasteiger partial charge on any atom is 0.310 e. The van der Waals surface area contributed by atoms with Gasteiger partial charge in [-0.2, -0.15) is 0 Å². The lowest BCUT2D eigenvalue weighted by atomic mass is 10.0. The third kappa shape index (κ3) is 2.77. The molecule has 0 aliphatic carbocycles. The first-order chi connectivity index (χ1) is 8.99. The van der Waals surface area contributed by atoms with Crippen molar-refractivity contribution in [1.82, 2.24) is 0 Å². The summed E-state index contributed by atoms with van der Waals surface area (Å²) < 4.78 is 0. The van der Waals surface area contributed by atoms with E-state index in [1.54, 1.807) is 12.1 Å². The van der Waals surface area contributed by atoms with Gasteiger partial charge in [-0.05, 0) is 23.8 Å². The predicted molar refractivity (Wildman–Crippen MR) is 70.7 cm³/mol. The lowest BCUT2D eigenvalue weighted by Gasteiger charge is -2.07. The van der Waals surface area contributed by atoms with E-state index in [0.29, 0.717) is 16.1 Å². The largest absolute Gasteiger partial charge is 0.508 e. The number of nitro benzene ring substituents is 1. The highest BCUT2D eigenvalue weighted by Crippen LogP contribution is 2.33. The molecule has 0 aromatic heterocycles. The van der Waals surface area contributed by atoms with Crippen LogP contribution in [0.15, 0.2) is 36.4 Å². The van der Waals surface area contributed by atoms with Gasteiger partial charge in [0.1, 0.15) is 5.75 Å². The van der Waals surface area contributed by atoms with Crippen LogP contribution in [-0.4, -0.2) is 15.1 Å². The van der Waals surface area contributed by atoms with Gasteiger partial charge in [-0.1, -0.05) is 23.7 Å². The van der Waals surface area contributed by atoms with Crippen molar-refractivity contribution in [2.75, 3.05) is 0 Å². The number of aromatic hydroxyl groups is 2. The summed E-state index contributed by atoms with van der Waals surface area (Å²) in [6, 6.07) is 8.78. The molecule has 0 aliphatic rings. The van der Waals surface area contributed by atoms with E-state index >= 15 is 0 Å². The molecule has 98 valence electrons. The maximum atomic E-state index is 10.7. The maximum absolute atomic E-state index is 10.7. The number of halogens is 1. The van der Waals surface area contributed by atoms with Crippen molar-refractivity contribution in [3.05, 3.63) is 62.7 Å². The fourth-order valence-electron chi connectivity index (χ4n) is 1.77. The average molecular weight is 280 g/mol. The second-order valence-corrected chi connectivity index (χ2v) is 4.43. The Bertz CT molecular complexity index is 643. The van der Waals surface area contributed by atoms with Crippen LogP contribution in [0.2, 0.25) is 5.02 Å². The Morgan fingerprint density at radius 1 is 1.16 bits per heavy atom. The molecule has 2 N–H and O–H groups in total. The summed E-state index contributed by atoms with van der Waals surface area (Å²) in [5.41, 5.74) is 0.481. The van der Waals surface area contributed by atoms with Gasteiger partial charge in [0, 0.05) is 23.1 Å². The third-order valence-electron chi connectivity index (χ3n) is 2.72. The van der Waals surface area contributed by atoms with E-state index in [1.807, 2.05) is 0 Å². The topological polar surface area (TPSA) is 83.6 Å². The van der Waals surface area contributed by atoms with E-state index in [-0.39, 0.29) is 17.9 Å². The zero-order chi connectivity index (χ0) is 14.0. The molecular formula is C13H10ClNO4. The van der Waals surface area contributed by atoms with Crippen molar-refractivity contribution in [3.63, 3.8) is 0 Å². The fourth-order valence-corrected chi connectivity index (χ4v) is 1.96. The van der Waals surface area contributed by atoms with Gasteiger partial charge in [0.05, 0.1) is 4.92 Å². The minimum atomic E-state index is -0.656. The first-order valence-corrected chi connectivity index (χ1v) is 5.79. The Morgan fingerprint density at radius 3 is 2.58 bits per heavy atom. The summed E-state index contributed by atoms with van der Waals surface area (Å²) in [6.45, 7) is 0. The summed E-state index contributed by atoms with van der Waals surface area (Å²) in [6.07, 6.45) is 0.153. The van der Waals surface area contributed by atoms with Gasteiger partial charge in [-0.3, -0.25) is 10.1 Å². The van der Waals surface area contributed by atoms with E-state index < -0.39 is 10.7 Å². The highest BCUT2D eigenvalue weighted by molar-refractivity contribution is 6.30. The van der Waals surface area contributed by atoms with Crippen LogP contribution in [0.5, 0.6) is 11.5 Å². The normalized spacial score (nSPS) is 10.4. The first-order valence-electron chi connectivity index (χ1n) is 5.41. The van der Waals surface area contributed by atoms with Crippen LogP contribution in [0, 0.1) is 10.1 Å². The van der Waals surface area contributed by atoms with Crippen molar-refractivity contribution >= 4 is 17.3 Å². The molecule has 2 aromatic carbocycles. The third-order valence-corrected chi connectivity index (χ3v) is 2.95. The van der Waals surface area contributed by atoms with E-state index in [1.165, 1.54) is 24.3 Å². The van der Waals surface area contributed by atoms with Gasteiger partial charge in [0.2, 0.25) is 0 Å². The average Bonchev–Trinajstić information content (AvgIpc) is 2.36. The second-order valence-electron chi connectivity index (χ2n) is 3.99. The van der Waals surface area contributed by atoms with Gasteiger partial charge in [-0.15, -0.1) is 0 Å². The van der Waals surface area contributed by atoms with Crippen LogP contribution in [0.4, 0.5) is 5.69 Å². The summed E-state index contributed by atoms with van der Waals surface area (Å²) in [5.74, 6) is -0.373. The molecule has 0 unspecified atom stereocenters. The molecule has 0 fully saturated rings. The molecule has 0 bridgehead atoms. The smallest absolute Gasteiger partial charge is 0.310 e. The quantitative estimate of drug-likeness (QED) is 0.667. The number of benzene rings is 2. The molecule has 0 aliphatic heterocycles. The monoisotopic (exact) mass is 279 g/mol. The van der Waals surface area contributed by atoms with Crippen molar-refractivity contribution in [3.8, 4) is 11.5 Å². The molecule has 0 radical (unpaired) electrons. The van der Waals surface area contributed by atoms with Gasteiger partial charge in [0.15, 0.2) is 5.75 Å². The first kappa shape index (κ1) is 13.2. The van der Waals surface area contributed by atoms with Gasteiger partial charge < -0.3 is 10.2 Å². The summed E-state index contributed by atoms with van der Waals surface area (Å²) >= 11 is 5.82. The van der Waals surface area contributed by atoms with Crippen LogP contribution in [0.3, 0.4) is 0 Å². The van der Waals surface area contributed by atoms with E-state index in [4.69, 9.17) is 11.6 Å². The molecule has 0 atom stereocenters. The van der Waals surface area contributed by atoms with Crippen LogP contribution >= 0.6 is 11.6 Å². The van der Waals surface area contributed by atoms with Crippen molar-refractivity contribution in [2.24, 2.45) is 0 Å². The number of para-hydroxylation sites is 1. The molecule has 0 saturated heterocycles. The summed E-state index contributed by atoms with van der Waals surface area (Å²) in [5, 5.41) is 30.7. The summed E-state index contributed by atoms with van der Waals surface area (Å²) in [4.78, 5) is 10.1. The van der Waals surface area contributed by atoms with Gasteiger partial charge >= 0.3 is 5.69 Å². The standard InChI is InChI=1S/C13H10ClNO4/c14-10-4-5-12(16)9(7-10)6-8-2-1-3-11(13(8)17)15(18)19/h1-5,7,16-17H,6H2. The Balaban J connectivity index is 2.41. The molecular weight excluding hydrogens is 270 g/mol. The number of nitrogens with zero attached hydrogens (tertiary/aromatic N) is 1. The zero-order valence-electron chi connectivity index (χ0n) is 9.71.